The summed E-state index contributed by atoms with van der Waals surface area (Å²) >= 11 is 0. The van der Waals surface area contributed by atoms with Gasteiger partial charge in [-0.15, -0.1) is 0 Å². The van der Waals surface area contributed by atoms with Gasteiger partial charge >= 0.3 is 0 Å². The van der Waals surface area contributed by atoms with E-state index in [9.17, 15) is 13.2 Å². The summed E-state index contributed by atoms with van der Waals surface area (Å²) in [6.45, 7) is 6.41. The molecule has 1 saturated carbocycles. The van der Waals surface area contributed by atoms with Gasteiger partial charge in [0, 0.05) is 6.04 Å². The van der Waals surface area contributed by atoms with Gasteiger partial charge in [0.2, 0.25) is 0 Å². The van der Waals surface area contributed by atoms with Crippen LogP contribution < -0.4 is 5.32 Å². The van der Waals surface area contributed by atoms with Gasteiger partial charge < -0.3 is 5.32 Å². The molecule has 18 heavy (non-hydrogen) atoms. The van der Waals surface area contributed by atoms with Crippen molar-refractivity contribution in [2.24, 2.45) is 11.3 Å². The Morgan fingerprint density at radius 1 is 1.11 bits per heavy atom. The predicted octanol–water partition coefficient (Wildman–Crippen LogP) is 4.34. The molecule has 0 saturated heterocycles. The molecule has 0 heterocycles. The number of rotatable bonds is 2. The third kappa shape index (κ3) is 2.47. The van der Waals surface area contributed by atoms with E-state index in [1.54, 1.807) is 0 Å². The molecule has 0 spiro atoms. The molecular formula is C14H18F3N. The zero-order valence-corrected chi connectivity index (χ0v) is 10.9. The van der Waals surface area contributed by atoms with E-state index in [2.05, 4.69) is 26.1 Å². The van der Waals surface area contributed by atoms with Crippen molar-refractivity contribution in [3.63, 3.8) is 0 Å². The van der Waals surface area contributed by atoms with Gasteiger partial charge in [-0.25, -0.2) is 13.2 Å². The summed E-state index contributed by atoms with van der Waals surface area (Å²) in [5.74, 6) is -3.32. The first-order valence-corrected chi connectivity index (χ1v) is 6.20. The summed E-state index contributed by atoms with van der Waals surface area (Å²) in [6, 6.07) is 2.30. The van der Waals surface area contributed by atoms with Crippen LogP contribution >= 0.6 is 0 Å². The van der Waals surface area contributed by atoms with Gasteiger partial charge in [-0.1, -0.05) is 20.8 Å². The Balaban J connectivity index is 2.18. The zero-order chi connectivity index (χ0) is 13.5. The van der Waals surface area contributed by atoms with Crippen LogP contribution in [0.3, 0.4) is 0 Å². The minimum Gasteiger partial charge on any atom is -0.380 e. The molecule has 2 atom stereocenters. The van der Waals surface area contributed by atoms with Crippen molar-refractivity contribution in [3.05, 3.63) is 29.6 Å². The second-order valence-electron chi connectivity index (χ2n) is 6.02. The Morgan fingerprint density at radius 2 is 1.78 bits per heavy atom. The van der Waals surface area contributed by atoms with Crippen LogP contribution in [0.25, 0.3) is 0 Å². The number of benzene rings is 1. The first-order chi connectivity index (χ1) is 8.30. The molecule has 1 aliphatic rings. The highest BCUT2D eigenvalue weighted by Crippen LogP contribution is 2.42. The molecule has 1 N–H and O–H groups in total. The molecule has 0 aliphatic heterocycles. The quantitative estimate of drug-likeness (QED) is 0.777. The van der Waals surface area contributed by atoms with Crippen molar-refractivity contribution < 1.29 is 13.2 Å². The maximum atomic E-state index is 13.6. The SMILES string of the molecule is CC1CC(C)(C)CC1Nc1ccc(F)c(F)c1F. The largest absolute Gasteiger partial charge is 0.380 e. The van der Waals surface area contributed by atoms with Gasteiger partial charge in [0.05, 0.1) is 5.69 Å². The molecule has 100 valence electrons. The Labute approximate surface area is 105 Å². The second-order valence-corrected chi connectivity index (χ2v) is 6.02. The van der Waals surface area contributed by atoms with Crippen molar-refractivity contribution in [2.45, 2.75) is 39.7 Å². The lowest BCUT2D eigenvalue weighted by atomic mass is 9.91. The lowest BCUT2D eigenvalue weighted by molar-refractivity contribution is 0.366. The fraction of sp³-hybridized carbons (Fsp3) is 0.571. The highest BCUT2D eigenvalue weighted by atomic mass is 19.2. The van der Waals surface area contributed by atoms with E-state index in [0.717, 1.165) is 18.9 Å². The number of hydrogen-bond donors (Lipinski definition) is 1. The molecule has 0 aromatic heterocycles. The molecule has 2 unspecified atom stereocenters. The van der Waals surface area contributed by atoms with Crippen molar-refractivity contribution in [1.29, 1.82) is 0 Å². The summed E-state index contributed by atoms with van der Waals surface area (Å²) in [6.07, 6.45) is 1.93. The normalized spacial score (nSPS) is 26.3. The number of hydrogen-bond acceptors (Lipinski definition) is 1. The molecule has 1 nitrogen and oxygen atoms in total. The Morgan fingerprint density at radius 3 is 2.33 bits per heavy atom. The van der Waals surface area contributed by atoms with E-state index < -0.39 is 17.5 Å². The van der Waals surface area contributed by atoms with Crippen LogP contribution in [0.2, 0.25) is 0 Å². The summed E-state index contributed by atoms with van der Waals surface area (Å²) in [7, 11) is 0. The minimum absolute atomic E-state index is 0.0449. The van der Waals surface area contributed by atoms with E-state index in [-0.39, 0.29) is 17.1 Å². The van der Waals surface area contributed by atoms with Gasteiger partial charge in [-0.2, -0.15) is 0 Å². The Bertz CT molecular complexity index is 457. The lowest BCUT2D eigenvalue weighted by Gasteiger charge is -2.20. The van der Waals surface area contributed by atoms with Crippen molar-refractivity contribution >= 4 is 5.69 Å². The fourth-order valence-corrected chi connectivity index (χ4v) is 2.92. The van der Waals surface area contributed by atoms with E-state index in [1.807, 2.05) is 0 Å². The number of anilines is 1. The van der Waals surface area contributed by atoms with Gasteiger partial charge in [0.15, 0.2) is 17.5 Å². The highest BCUT2D eigenvalue weighted by Gasteiger charge is 2.37. The molecule has 0 amide bonds. The topological polar surface area (TPSA) is 12.0 Å². The maximum absolute atomic E-state index is 13.6. The zero-order valence-electron chi connectivity index (χ0n) is 10.9. The summed E-state index contributed by atoms with van der Waals surface area (Å²) in [5.41, 5.74) is 0.245. The molecule has 0 radical (unpaired) electrons. The van der Waals surface area contributed by atoms with Crippen LogP contribution in [-0.2, 0) is 0 Å². The molecule has 1 aliphatic carbocycles. The smallest absolute Gasteiger partial charge is 0.196 e. The molecule has 1 aromatic carbocycles. The Hall–Kier alpha value is -1.19. The first kappa shape index (κ1) is 13.2. The molecule has 1 fully saturated rings. The minimum atomic E-state index is -1.41. The number of halogens is 3. The molecule has 0 bridgehead atoms. The van der Waals surface area contributed by atoms with Gasteiger partial charge in [0.1, 0.15) is 0 Å². The van der Waals surface area contributed by atoms with Gasteiger partial charge in [0.25, 0.3) is 0 Å². The van der Waals surface area contributed by atoms with E-state index in [0.29, 0.717) is 5.92 Å². The highest BCUT2D eigenvalue weighted by molar-refractivity contribution is 5.46. The fourth-order valence-electron chi connectivity index (χ4n) is 2.92. The number of nitrogens with one attached hydrogen (secondary N) is 1. The van der Waals surface area contributed by atoms with Gasteiger partial charge in [-0.3, -0.25) is 0 Å². The average Bonchev–Trinajstić information content (AvgIpc) is 2.53. The van der Waals surface area contributed by atoms with Crippen LogP contribution in [0, 0.1) is 28.8 Å². The van der Waals surface area contributed by atoms with Crippen LogP contribution in [0.15, 0.2) is 12.1 Å². The molecule has 4 heteroatoms. The maximum Gasteiger partial charge on any atom is 0.196 e. The Kier molecular flexibility index (Phi) is 3.30. The lowest BCUT2D eigenvalue weighted by Crippen LogP contribution is -2.23. The van der Waals surface area contributed by atoms with E-state index in [1.165, 1.54) is 6.07 Å². The van der Waals surface area contributed by atoms with E-state index in [4.69, 9.17) is 0 Å². The second kappa shape index (κ2) is 4.48. The van der Waals surface area contributed by atoms with Crippen LogP contribution in [0.4, 0.5) is 18.9 Å². The molecule has 2 rings (SSSR count). The molecular weight excluding hydrogens is 239 g/mol. The van der Waals surface area contributed by atoms with Gasteiger partial charge in [-0.05, 0) is 36.3 Å². The van der Waals surface area contributed by atoms with Crippen LogP contribution in [0.1, 0.15) is 33.6 Å². The third-order valence-electron chi connectivity index (χ3n) is 3.71. The van der Waals surface area contributed by atoms with Crippen molar-refractivity contribution in [3.8, 4) is 0 Å². The standard InChI is InChI=1S/C14H18F3N/c1-8-6-14(2,3)7-11(8)18-10-5-4-9(15)12(16)13(10)17/h4-5,8,11,18H,6-7H2,1-3H3. The molecule has 1 aromatic rings. The monoisotopic (exact) mass is 257 g/mol. The van der Waals surface area contributed by atoms with Crippen molar-refractivity contribution in [2.75, 3.05) is 5.32 Å². The van der Waals surface area contributed by atoms with Crippen LogP contribution in [0.5, 0.6) is 0 Å². The first-order valence-electron chi connectivity index (χ1n) is 6.20. The van der Waals surface area contributed by atoms with Crippen molar-refractivity contribution in [1.82, 2.24) is 0 Å². The third-order valence-corrected chi connectivity index (χ3v) is 3.71. The summed E-state index contributed by atoms with van der Waals surface area (Å²) in [5, 5.41) is 3.00. The predicted molar refractivity (Wildman–Crippen MR) is 65.9 cm³/mol. The summed E-state index contributed by atoms with van der Waals surface area (Å²) < 4.78 is 39.5. The average molecular weight is 257 g/mol. The summed E-state index contributed by atoms with van der Waals surface area (Å²) in [4.78, 5) is 0. The van der Waals surface area contributed by atoms with Crippen LogP contribution in [-0.4, -0.2) is 6.04 Å². The van der Waals surface area contributed by atoms with E-state index >= 15 is 0 Å².